The Morgan fingerprint density at radius 3 is 2.16 bits per heavy atom. The number of carbonyl (C=O) groups excluding carboxylic acids is 2. The number of rotatable bonds is 14. The summed E-state index contributed by atoms with van der Waals surface area (Å²) in [6, 6.07) is 19.9. The summed E-state index contributed by atoms with van der Waals surface area (Å²) in [7, 11) is 0. The molecule has 1 aliphatic rings. The van der Waals surface area contributed by atoms with Crippen molar-refractivity contribution in [1.29, 1.82) is 0 Å². The molecule has 8 heteroatoms. The number of nitrogens with one attached hydrogen (secondary N) is 3. The van der Waals surface area contributed by atoms with Crippen LogP contribution in [-0.2, 0) is 0 Å². The van der Waals surface area contributed by atoms with Crippen LogP contribution in [0, 0.1) is 6.92 Å². The minimum absolute atomic E-state index is 0.179. The molecule has 3 N–H and O–H groups in total. The third-order valence-corrected chi connectivity index (χ3v) is 7.62. The predicted molar refractivity (Wildman–Crippen MR) is 174 cm³/mol. The van der Waals surface area contributed by atoms with Crippen LogP contribution in [0.4, 0.5) is 16.2 Å². The second-order valence-electron chi connectivity index (χ2n) is 11.2. The number of ether oxygens (including phenoxy) is 2. The van der Waals surface area contributed by atoms with Crippen LogP contribution < -0.4 is 25.4 Å². The first-order chi connectivity index (χ1) is 20.9. The van der Waals surface area contributed by atoms with Gasteiger partial charge in [0.2, 0.25) is 0 Å². The molecular formula is C35H46N4O4. The molecule has 0 radical (unpaired) electrons. The summed E-state index contributed by atoms with van der Waals surface area (Å²) in [5.41, 5.74) is 2.84. The number of nitrogens with zero attached hydrogens (tertiary/aromatic N) is 1. The molecule has 1 fully saturated rings. The molecular weight excluding hydrogens is 540 g/mol. The van der Waals surface area contributed by atoms with E-state index in [1.807, 2.05) is 49.4 Å². The van der Waals surface area contributed by atoms with E-state index in [4.69, 9.17) is 9.47 Å². The average molecular weight is 587 g/mol. The number of anilines is 2. The number of hydrogen-bond acceptors (Lipinski definition) is 5. The Balaban J connectivity index is 1.23. The van der Waals surface area contributed by atoms with Crippen molar-refractivity contribution in [3.8, 4) is 17.2 Å². The highest BCUT2D eigenvalue weighted by molar-refractivity contribution is 6.04. The van der Waals surface area contributed by atoms with Crippen molar-refractivity contribution in [3.05, 3.63) is 77.9 Å². The molecule has 1 aliphatic heterocycles. The zero-order chi connectivity index (χ0) is 30.4. The van der Waals surface area contributed by atoms with Gasteiger partial charge in [-0.1, -0.05) is 33.1 Å². The van der Waals surface area contributed by atoms with Crippen LogP contribution in [-0.4, -0.2) is 49.1 Å². The molecule has 0 saturated carbocycles. The fraction of sp³-hybridized carbons (Fsp3) is 0.429. The number of urea groups is 1. The molecule has 0 unspecified atom stereocenters. The molecule has 3 aromatic rings. The van der Waals surface area contributed by atoms with E-state index in [2.05, 4.69) is 34.7 Å². The molecule has 8 nitrogen and oxygen atoms in total. The van der Waals surface area contributed by atoms with E-state index in [9.17, 15) is 9.59 Å². The highest BCUT2D eigenvalue weighted by Crippen LogP contribution is 2.29. The maximum absolute atomic E-state index is 12.9. The molecule has 0 atom stereocenters. The van der Waals surface area contributed by atoms with Crippen LogP contribution in [0.25, 0.3) is 0 Å². The van der Waals surface area contributed by atoms with Crippen LogP contribution in [0.15, 0.2) is 66.7 Å². The van der Waals surface area contributed by atoms with E-state index in [0.29, 0.717) is 35.0 Å². The number of benzene rings is 3. The van der Waals surface area contributed by atoms with Gasteiger partial charge in [-0.05, 0) is 111 Å². The molecule has 43 heavy (non-hydrogen) atoms. The van der Waals surface area contributed by atoms with Crippen LogP contribution in [0.5, 0.6) is 17.2 Å². The van der Waals surface area contributed by atoms with Crippen molar-refractivity contribution in [3.63, 3.8) is 0 Å². The highest BCUT2D eigenvalue weighted by Gasteiger charge is 2.20. The Kier molecular flexibility index (Phi) is 12.3. The molecule has 3 aromatic carbocycles. The van der Waals surface area contributed by atoms with Gasteiger partial charge in [0.1, 0.15) is 23.4 Å². The Hall–Kier alpha value is -4.04. The summed E-state index contributed by atoms with van der Waals surface area (Å²) in [5, 5.41) is 8.67. The van der Waals surface area contributed by atoms with E-state index >= 15 is 0 Å². The Labute approximate surface area is 256 Å². The van der Waals surface area contributed by atoms with Crippen LogP contribution >= 0.6 is 0 Å². The quantitative estimate of drug-likeness (QED) is 0.167. The van der Waals surface area contributed by atoms with Gasteiger partial charge in [-0.3, -0.25) is 4.79 Å². The number of amides is 3. The maximum Gasteiger partial charge on any atom is 0.319 e. The van der Waals surface area contributed by atoms with Crippen molar-refractivity contribution in [2.24, 2.45) is 0 Å². The molecule has 4 rings (SSSR count). The van der Waals surface area contributed by atoms with Gasteiger partial charge in [0.25, 0.3) is 5.91 Å². The van der Waals surface area contributed by atoms with Crippen LogP contribution in [0.3, 0.4) is 0 Å². The maximum atomic E-state index is 12.9. The largest absolute Gasteiger partial charge is 0.490 e. The second-order valence-corrected chi connectivity index (χ2v) is 11.2. The van der Waals surface area contributed by atoms with E-state index in [1.165, 1.54) is 19.4 Å². The number of carbonyl (C=O) groups is 2. The zero-order valence-corrected chi connectivity index (χ0v) is 25.8. The van der Waals surface area contributed by atoms with Crippen molar-refractivity contribution in [1.82, 2.24) is 10.2 Å². The summed E-state index contributed by atoms with van der Waals surface area (Å²) >= 11 is 0. The van der Waals surface area contributed by atoms with E-state index in [1.54, 1.807) is 24.3 Å². The average Bonchev–Trinajstić information content (AvgIpc) is 3.01. The minimum Gasteiger partial charge on any atom is -0.490 e. The smallest absolute Gasteiger partial charge is 0.319 e. The fourth-order valence-corrected chi connectivity index (χ4v) is 5.04. The Morgan fingerprint density at radius 1 is 0.814 bits per heavy atom. The summed E-state index contributed by atoms with van der Waals surface area (Å²) in [5.74, 6) is 1.96. The highest BCUT2D eigenvalue weighted by atomic mass is 16.5. The molecule has 3 amide bonds. The number of aryl methyl sites for hydroxylation is 1. The molecule has 0 aromatic heterocycles. The number of unbranched alkanes of at least 4 members (excludes halogenated alkanes) is 3. The summed E-state index contributed by atoms with van der Waals surface area (Å²) < 4.78 is 12.2. The predicted octanol–water partition coefficient (Wildman–Crippen LogP) is 7.99. The van der Waals surface area contributed by atoms with Crippen LogP contribution in [0.1, 0.15) is 74.7 Å². The molecule has 0 spiro atoms. The van der Waals surface area contributed by atoms with Crippen LogP contribution in [0.2, 0.25) is 0 Å². The van der Waals surface area contributed by atoms with Gasteiger partial charge < -0.3 is 30.3 Å². The lowest BCUT2D eigenvalue weighted by Crippen LogP contribution is -2.38. The lowest BCUT2D eigenvalue weighted by molar-refractivity contribution is 0.0996. The van der Waals surface area contributed by atoms with E-state index in [-0.39, 0.29) is 18.0 Å². The topological polar surface area (TPSA) is 91.9 Å². The summed E-state index contributed by atoms with van der Waals surface area (Å²) in [4.78, 5) is 27.4. The first kappa shape index (κ1) is 31.9. The van der Waals surface area contributed by atoms with Crippen molar-refractivity contribution < 1.29 is 19.1 Å². The van der Waals surface area contributed by atoms with Gasteiger partial charge in [-0.15, -0.1) is 0 Å². The third kappa shape index (κ3) is 10.3. The van der Waals surface area contributed by atoms with Gasteiger partial charge in [0.05, 0.1) is 0 Å². The standard InChI is InChI=1S/C35H46N4O4/c1-4-6-8-21-36-35(41)38-28-11-16-31(17-12-28)43-33-18-13-29(25-26(33)3)37-34(40)27-9-14-30(15-10-27)42-32-19-23-39(24-20-32)22-7-5-2/h9-18,25,32H,4-8,19-24H2,1-3H3,(H,37,40)(H2,36,38,41). The number of likely N-dealkylation sites (tertiary alicyclic amines) is 1. The van der Waals surface area contributed by atoms with Crippen molar-refractivity contribution in [2.45, 2.75) is 71.8 Å². The molecule has 1 saturated heterocycles. The van der Waals surface area contributed by atoms with E-state index < -0.39 is 0 Å². The van der Waals surface area contributed by atoms with Gasteiger partial charge in [0.15, 0.2) is 0 Å². The van der Waals surface area contributed by atoms with Gasteiger partial charge >= 0.3 is 6.03 Å². The molecule has 0 bridgehead atoms. The summed E-state index contributed by atoms with van der Waals surface area (Å²) in [6.45, 7) is 10.3. The lowest BCUT2D eigenvalue weighted by Gasteiger charge is -2.32. The monoisotopic (exact) mass is 586 g/mol. The second kappa shape index (κ2) is 16.6. The lowest BCUT2D eigenvalue weighted by atomic mass is 10.1. The zero-order valence-electron chi connectivity index (χ0n) is 25.8. The number of piperidine rings is 1. The number of hydrogen-bond donors (Lipinski definition) is 3. The van der Waals surface area contributed by atoms with E-state index in [0.717, 1.165) is 56.5 Å². The van der Waals surface area contributed by atoms with Gasteiger partial charge in [-0.2, -0.15) is 0 Å². The fourth-order valence-electron chi connectivity index (χ4n) is 5.04. The van der Waals surface area contributed by atoms with Crippen molar-refractivity contribution >= 4 is 23.3 Å². The first-order valence-electron chi connectivity index (χ1n) is 15.7. The summed E-state index contributed by atoms with van der Waals surface area (Å²) in [6.07, 6.45) is 7.96. The molecule has 1 heterocycles. The van der Waals surface area contributed by atoms with Crippen molar-refractivity contribution in [2.75, 3.05) is 36.8 Å². The van der Waals surface area contributed by atoms with Gasteiger partial charge in [-0.25, -0.2) is 4.79 Å². The third-order valence-electron chi connectivity index (χ3n) is 7.62. The normalized spacial score (nSPS) is 13.7. The molecule has 0 aliphatic carbocycles. The first-order valence-corrected chi connectivity index (χ1v) is 15.7. The SMILES string of the molecule is CCCCCNC(=O)Nc1ccc(Oc2ccc(NC(=O)c3ccc(OC4CCN(CCCC)CC4)cc3)cc2C)cc1. The Morgan fingerprint density at radius 2 is 1.49 bits per heavy atom. The molecule has 230 valence electrons. The van der Waals surface area contributed by atoms with Gasteiger partial charge in [0, 0.05) is 36.6 Å². The Bertz CT molecular complexity index is 1300. The minimum atomic E-state index is -0.212.